The maximum atomic E-state index is 5.43. The van der Waals surface area contributed by atoms with Crippen molar-refractivity contribution in [2.75, 3.05) is 53.0 Å². The van der Waals surface area contributed by atoms with Gasteiger partial charge in [0.25, 0.3) is 0 Å². The lowest BCUT2D eigenvalue weighted by Crippen LogP contribution is -2.40. The van der Waals surface area contributed by atoms with Crippen LogP contribution in [-0.4, -0.2) is 83.5 Å². The minimum absolute atomic E-state index is 0.783. The standard InChI is InChI=1S/C23H37N7O/c1-4-22-27-26-19-30(22)13-11-25-23(24-10-5-12-29-14-16-31-17-15-29)28(3)18-21-8-6-20(2)7-9-21/h6-9,19H,4-5,10-18H2,1-3H3,(H,24,25). The summed E-state index contributed by atoms with van der Waals surface area (Å²) in [5.41, 5.74) is 2.56. The van der Waals surface area contributed by atoms with Crippen molar-refractivity contribution < 1.29 is 4.74 Å². The number of hydrogen-bond acceptors (Lipinski definition) is 5. The van der Waals surface area contributed by atoms with E-state index < -0.39 is 0 Å². The third kappa shape index (κ3) is 7.63. The van der Waals surface area contributed by atoms with E-state index in [9.17, 15) is 0 Å². The third-order valence-electron chi connectivity index (χ3n) is 5.55. The number of benzene rings is 1. The fourth-order valence-electron chi connectivity index (χ4n) is 3.69. The lowest BCUT2D eigenvalue weighted by Gasteiger charge is -2.26. The van der Waals surface area contributed by atoms with Crippen LogP contribution in [0.2, 0.25) is 0 Å². The predicted molar refractivity (Wildman–Crippen MR) is 124 cm³/mol. The maximum absolute atomic E-state index is 5.43. The molecule has 1 saturated heterocycles. The van der Waals surface area contributed by atoms with Crippen molar-refractivity contribution in [1.82, 2.24) is 29.9 Å². The quantitative estimate of drug-likeness (QED) is 0.355. The Balaban J connectivity index is 1.55. The first-order valence-electron chi connectivity index (χ1n) is 11.4. The normalized spacial score (nSPS) is 15.3. The van der Waals surface area contributed by atoms with Crippen molar-refractivity contribution in [2.24, 2.45) is 4.99 Å². The molecule has 1 aromatic heterocycles. The van der Waals surface area contributed by atoms with Gasteiger partial charge in [0.2, 0.25) is 0 Å². The van der Waals surface area contributed by atoms with Crippen LogP contribution in [0.15, 0.2) is 35.6 Å². The van der Waals surface area contributed by atoms with Crippen LogP contribution in [-0.2, 0) is 24.2 Å². The van der Waals surface area contributed by atoms with Crippen molar-refractivity contribution in [2.45, 2.75) is 39.8 Å². The lowest BCUT2D eigenvalue weighted by molar-refractivity contribution is 0.0377. The van der Waals surface area contributed by atoms with Gasteiger partial charge in [0.05, 0.1) is 13.2 Å². The molecule has 1 aromatic carbocycles. The van der Waals surface area contributed by atoms with E-state index in [1.54, 1.807) is 6.33 Å². The molecule has 3 rings (SSSR count). The first kappa shape index (κ1) is 23.2. The first-order valence-corrected chi connectivity index (χ1v) is 11.4. The number of ether oxygens (including phenoxy) is 1. The Morgan fingerprint density at radius 2 is 1.97 bits per heavy atom. The maximum Gasteiger partial charge on any atom is 0.194 e. The number of guanidine groups is 1. The smallest absolute Gasteiger partial charge is 0.194 e. The molecule has 0 saturated carbocycles. The number of nitrogens with zero attached hydrogens (tertiary/aromatic N) is 6. The minimum Gasteiger partial charge on any atom is -0.379 e. The van der Waals surface area contributed by atoms with E-state index in [4.69, 9.17) is 9.73 Å². The zero-order chi connectivity index (χ0) is 21.9. The highest BCUT2D eigenvalue weighted by molar-refractivity contribution is 5.79. The summed E-state index contributed by atoms with van der Waals surface area (Å²) in [5, 5.41) is 11.7. The van der Waals surface area contributed by atoms with E-state index in [0.29, 0.717) is 0 Å². The Hall–Kier alpha value is -2.45. The molecule has 31 heavy (non-hydrogen) atoms. The number of morpholine rings is 1. The fraction of sp³-hybridized carbons (Fsp3) is 0.609. The van der Waals surface area contributed by atoms with E-state index in [2.05, 4.69) is 75.0 Å². The number of aryl methyl sites for hydroxylation is 2. The van der Waals surface area contributed by atoms with E-state index in [1.165, 1.54) is 11.1 Å². The van der Waals surface area contributed by atoms with Crippen molar-refractivity contribution >= 4 is 5.96 Å². The molecule has 0 bridgehead atoms. The molecule has 0 unspecified atom stereocenters. The van der Waals surface area contributed by atoms with Gasteiger partial charge in [0.1, 0.15) is 12.2 Å². The van der Waals surface area contributed by atoms with Gasteiger partial charge in [-0.15, -0.1) is 10.2 Å². The molecule has 2 aromatic rings. The van der Waals surface area contributed by atoms with Crippen LogP contribution >= 0.6 is 0 Å². The molecule has 1 N–H and O–H groups in total. The Bertz CT molecular complexity index is 797. The molecule has 0 aliphatic carbocycles. The largest absolute Gasteiger partial charge is 0.379 e. The Morgan fingerprint density at radius 1 is 1.19 bits per heavy atom. The topological polar surface area (TPSA) is 70.8 Å². The zero-order valence-corrected chi connectivity index (χ0v) is 19.3. The lowest BCUT2D eigenvalue weighted by atomic mass is 10.1. The van der Waals surface area contributed by atoms with E-state index in [-0.39, 0.29) is 0 Å². The number of hydrogen-bond donors (Lipinski definition) is 1. The summed E-state index contributed by atoms with van der Waals surface area (Å²) >= 11 is 0. The van der Waals surface area contributed by atoms with Crippen LogP contribution in [0.25, 0.3) is 0 Å². The second-order valence-electron chi connectivity index (χ2n) is 8.08. The minimum atomic E-state index is 0.783. The van der Waals surface area contributed by atoms with Crippen molar-refractivity contribution in [3.05, 3.63) is 47.5 Å². The highest BCUT2D eigenvalue weighted by atomic mass is 16.5. The van der Waals surface area contributed by atoms with Crippen LogP contribution < -0.4 is 5.32 Å². The number of aliphatic imine (C=N–C) groups is 1. The van der Waals surface area contributed by atoms with E-state index >= 15 is 0 Å². The molecule has 1 aliphatic rings. The zero-order valence-electron chi connectivity index (χ0n) is 19.3. The third-order valence-corrected chi connectivity index (χ3v) is 5.55. The van der Waals surface area contributed by atoms with Gasteiger partial charge in [-0.05, 0) is 18.9 Å². The van der Waals surface area contributed by atoms with Gasteiger partial charge in [0, 0.05) is 59.3 Å². The van der Waals surface area contributed by atoms with Gasteiger partial charge in [0.15, 0.2) is 5.96 Å². The van der Waals surface area contributed by atoms with Gasteiger partial charge >= 0.3 is 0 Å². The summed E-state index contributed by atoms with van der Waals surface area (Å²) < 4.78 is 7.53. The van der Waals surface area contributed by atoms with Crippen LogP contribution in [0.5, 0.6) is 0 Å². The Kier molecular flexibility index (Phi) is 9.30. The predicted octanol–water partition coefficient (Wildman–Crippen LogP) is 1.95. The average molecular weight is 428 g/mol. The van der Waals surface area contributed by atoms with Crippen LogP contribution in [0.3, 0.4) is 0 Å². The average Bonchev–Trinajstić information content (AvgIpc) is 3.25. The molecule has 170 valence electrons. The van der Waals surface area contributed by atoms with Crippen LogP contribution in [0.1, 0.15) is 30.3 Å². The second-order valence-corrected chi connectivity index (χ2v) is 8.08. The number of rotatable bonds is 10. The fourth-order valence-corrected chi connectivity index (χ4v) is 3.69. The highest BCUT2D eigenvalue weighted by Crippen LogP contribution is 2.06. The molecule has 0 amide bonds. The highest BCUT2D eigenvalue weighted by Gasteiger charge is 2.11. The van der Waals surface area contributed by atoms with Gasteiger partial charge in [-0.1, -0.05) is 36.8 Å². The molecule has 1 aliphatic heterocycles. The summed E-state index contributed by atoms with van der Waals surface area (Å²) in [4.78, 5) is 9.58. The molecule has 8 nitrogen and oxygen atoms in total. The first-order chi connectivity index (χ1) is 15.2. The molecule has 1 fully saturated rings. The van der Waals surface area contributed by atoms with E-state index in [1.807, 2.05) is 0 Å². The molecular formula is C23H37N7O. The summed E-state index contributed by atoms with van der Waals surface area (Å²) in [7, 11) is 2.10. The van der Waals surface area contributed by atoms with Gasteiger partial charge in [-0.25, -0.2) is 0 Å². The van der Waals surface area contributed by atoms with Gasteiger partial charge in [-0.2, -0.15) is 0 Å². The van der Waals surface area contributed by atoms with Crippen LogP contribution in [0, 0.1) is 6.92 Å². The molecule has 2 heterocycles. The molecule has 8 heteroatoms. The molecular weight excluding hydrogens is 390 g/mol. The van der Waals surface area contributed by atoms with Gasteiger partial charge < -0.3 is 19.5 Å². The summed E-state index contributed by atoms with van der Waals surface area (Å²) in [6.45, 7) is 12.3. The molecule has 0 atom stereocenters. The molecule has 0 radical (unpaired) electrons. The second kappa shape index (κ2) is 12.4. The van der Waals surface area contributed by atoms with Crippen LogP contribution in [0.4, 0.5) is 0 Å². The summed E-state index contributed by atoms with van der Waals surface area (Å²) in [6, 6.07) is 8.70. The summed E-state index contributed by atoms with van der Waals surface area (Å²) in [5.74, 6) is 1.95. The Labute approximate surface area is 186 Å². The van der Waals surface area contributed by atoms with Crippen molar-refractivity contribution in [3.63, 3.8) is 0 Å². The van der Waals surface area contributed by atoms with E-state index in [0.717, 1.165) is 83.7 Å². The molecule has 0 spiro atoms. The Morgan fingerprint density at radius 3 is 2.71 bits per heavy atom. The van der Waals surface area contributed by atoms with Gasteiger partial charge in [-0.3, -0.25) is 9.89 Å². The SMILES string of the molecule is CCc1nncn1CCNC(=NCCCN1CCOCC1)N(C)Cc1ccc(C)cc1. The summed E-state index contributed by atoms with van der Waals surface area (Å²) in [6.07, 6.45) is 3.74. The van der Waals surface area contributed by atoms with Crippen molar-refractivity contribution in [1.29, 1.82) is 0 Å². The van der Waals surface area contributed by atoms with Crippen molar-refractivity contribution in [3.8, 4) is 0 Å². The monoisotopic (exact) mass is 427 g/mol. The number of nitrogens with one attached hydrogen (secondary N) is 1. The number of aromatic nitrogens is 3.